The van der Waals surface area contributed by atoms with Gasteiger partial charge in [0.25, 0.3) is 0 Å². The van der Waals surface area contributed by atoms with E-state index < -0.39 is 0 Å². The first-order valence-electron chi connectivity index (χ1n) is 3.52. The van der Waals surface area contributed by atoms with Crippen LogP contribution < -0.4 is 10.6 Å². The molecule has 0 unspecified atom stereocenters. The van der Waals surface area contributed by atoms with Crippen molar-refractivity contribution in [3.05, 3.63) is 0 Å². The second-order valence-corrected chi connectivity index (χ2v) is 2.32. The normalized spacial score (nSPS) is 17.5. The first-order chi connectivity index (χ1) is 4.00. The van der Waals surface area contributed by atoms with Gasteiger partial charge in [0.15, 0.2) is 0 Å². The largest absolute Gasteiger partial charge is 0.346 e. The average Bonchev–Trinajstić information content (AvgIpc) is 1.12. The summed E-state index contributed by atoms with van der Waals surface area (Å²) in [6, 6.07) is 0. The van der Waals surface area contributed by atoms with Crippen LogP contribution in [0.5, 0.6) is 0 Å². The van der Waals surface area contributed by atoms with Crippen LogP contribution in [0, 0.1) is 0 Å². The van der Waals surface area contributed by atoms with E-state index in [9.17, 15) is 0 Å². The monoisotopic (exact) mass is 163 g/mol. The molecule has 0 spiro atoms. The van der Waals surface area contributed by atoms with Gasteiger partial charge in [-0.05, 0) is 19.5 Å². The fourth-order valence-electron chi connectivity index (χ4n) is 0.381. The molecule has 2 nitrogen and oxygen atoms in total. The minimum absolute atomic E-state index is 0. The molecule has 0 radical (unpaired) electrons. The van der Waals surface area contributed by atoms with E-state index in [1.54, 1.807) is 0 Å². The second kappa shape index (κ2) is 12.6. The van der Waals surface area contributed by atoms with Crippen molar-refractivity contribution in [1.29, 1.82) is 0 Å². The number of hydrogen-bond donors (Lipinski definition) is 2. The van der Waals surface area contributed by atoms with E-state index in [0.717, 1.165) is 0 Å². The van der Waals surface area contributed by atoms with E-state index in [2.05, 4.69) is 10.6 Å². The van der Waals surface area contributed by atoms with Gasteiger partial charge in [-0.1, -0.05) is 22.3 Å². The first-order valence-corrected chi connectivity index (χ1v) is 3.52. The van der Waals surface area contributed by atoms with Gasteiger partial charge >= 0.3 is 0 Å². The van der Waals surface area contributed by atoms with Crippen LogP contribution in [0.2, 0.25) is 0 Å². The van der Waals surface area contributed by atoms with Crippen LogP contribution in [0.15, 0.2) is 0 Å². The summed E-state index contributed by atoms with van der Waals surface area (Å²) in [6.45, 7) is 5.25. The molecule has 0 amide bonds. The number of rotatable bonds is 0. The highest BCUT2D eigenvalue weighted by Gasteiger charge is 1.98. The Morgan fingerprint density at radius 1 is 0.818 bits per heavy atom. The molecule has 0 aromatic heterocycles. The Hall–Kier alpha value is -0.0800. The van der Waals surface area contributed by atoms with Gasteiger partial charge in [0.1, 0.15) is 0 Å². The van der Waals surface area contributed by atoms with Crippen molar-refractivity contribution in [3.63, 3.8) is 0 Å². The van der Waals surface area contributed by atoms with Crippen molar-refractivity contribution < 1.29 is 5.32 Å². The second-order valence-electron chi connectivity index (χ2n) is 2.32. The molecule has 0 saturated carbocycles. The van der Waals surface area contributed by atoms with Gasteiger partial charge in [-0.15, -0.1) is 0 Å². The lowest BCUT2D eigenvalue weighted by Gasteiger charge is -2.09. The SMILES string of the molecule is C.C.C.C1CNC1.C1C[NH2+]C1. The smallest absolute Gasteiger partial charge is 0.0809 e. The van der Waals surface area contributed by atoms with Crippen LogP contribution in [0.3, 0.4) is 0 Å². The molecule has 0 atom stereocenters. The topological polar surface area (TPSA) is 28.6 Å². The van der Waals surface area contributed by atoms with E-state index in [4.69, 9.17) is 0 Å². The quantitative estimate of drug-likeness (QED) is 0.544. The Bertz CT molecular complexity index is 31.5. The van der Waals surface area contributed by atoms with Crippen LogP contribution in [0.1, 0.15) is 35.1 Å². The van der Waals surface area contributed by atoms with Gasteiger partial charge < -0.3 is 10.6 Å². The summed E-state index contributed by atoms with van der Waals surface area (Å²) in [5.74, 6) is 0. The van der Waals surface area contributed by atoms with Crippen LogP contribution in [0.25, 0.3) is 0 Å². The summed E-state index contributed by atoms with van der Waals surface area (Å²) in [6.07, 6.45) is 2.83. The van der Waals surface area contributed by atoms with Gasteiger partial charge in [0, 0.05) is 6.42 Å². The highest BCUT2D eigenvalue weighted by atomic mass is 14.9. The molecule has 2 aliphatic heterocycles. The number of hydrogen-bond acceptors (Lipinski definition) is 1. The third kappa shape index (κ3) is 9.92. The molecular weight excluding hydrogens is 136 g/mol. The first kappa shape index (κ1) is 17.1. The van der Waals surface area contributed by atoms with Crippen molar-refractivity contribution in [2.45, 2.75) is 35.1 Å². The summed E-state index contributed by atoms with van der Waals surface area (Å²) in [4.78, 5) is 0. The highest BCUT2D eigenvalue weighted by Crippen LogP contribution is 1.80. The van der Waals surface area contributed by atoms with Crippen molar-refractivity contribution in [1.82, 2.24) is 5.32 Å². The zero-order valence-corrected chi connectivity index (χ0v) is 5.32. The van der Waals surface area contributed by atoms with E-state index in [1.165, 1.54) is 39.0 Å². The Kier molecular flexibility index (Phi) is 19.6. The predicted octanol–water partition coefficient (Wildman–Crippen LogP) is 0.842. The molecule has 0 aromatic rings. The van der Waals surface area contributed by atoms with E-state index >= 15 is 0 Å². The van der Waals surface area contributed by atoms with Crippen LogP contribution >= 0.6 is 0 Å². The maximum atomic E-state index is 3.11. The number of quaternary nitrogens is 1. The van der Waals surface area contributed by atoms with Gasteiger partial charge in [0.05, 0.1) is 13.1 Å². The molecule has 0 aliphatic carbocycles. The molecule has 0 bridgehead atoms. The highest BCUT2D eigenvalue weighted by molar-refractivity contribution is 4.56. The number of nitrogens with two attached hydrogens (primary N) is 1. The molecule has 2 aliphatic rings. The fraction of sp³-hybridized carbons (Fsp3) is 1.00. The Balaban J connectivity index is -0.0000000914. The minimum Gasteiger partial charge on any atom is -0.346 e. The molecule has 2 saturated heterocycles. The maximum absolute atomic E-state index is 3.11. The van der Waals surface area contributed by atoms with Gasteiger partial charge in [-0.25, -0.2) is 0 Å². The molecule has 3 N–H and O–H groups in total. The molecule has 2 heterocycles. The Morgan fingerprint density at radius 2 is 1.00 bits per heavy atom. The predicted molar refractivity (Wildman–Crippen MR) is 54.0 cm³/mol. The molecule has 2 heteroatoms. The Morgan fingerprint density at radius 3 is 1.00 bits per heavy atom. The lowest BCUT2D eigenvalue weighted by Crippen LogP contribution is -2.92. The minimum atomic E-state index is 0. The maximum Gasteiger partial charge on any atom is 0.0809 e. The lowest BCUT2D eigenvalue weighted by molar-refractivity contribution is -0.705. The van der Waals surface area contributed by atoms with Crippen molar-refractivity contribution in [2.24, 2.45) is 0 Å². The Labute approximate surface area is 72.8 Å². The molecular formula is C9H27N2+. The third-order valence-electron chi connectivity index (χ3n) is 1.52. The van der Waals surface area contributed by atoms with Crippen LogP contribution in [-0.2, 0) is 0 Å². The molecule has 72 valence electrons. The van der Waals surface area contributed by atoms with Gasteiger partial charge in [0.2, 0.25) is 0 Å². The molecule has 2 rings (SSSR count). The van der Waals surface area contributed by atoms with Gasteiger partial charge in [-0.2, -0.15) is 0 Å². The summed E-state index contributed by atoms with van der Waals surface area (Å²) in [5.41, 5.74) is 0. The van der Waals surface area contributed by atoms with Gasteiger partial charge in [-0.3, -0.25) is 0 Å². The summed E-state index contributed by atoms with van der Waals surface area (Å²) in [5, 5.41) is 5.42. The van der Waals surface area contributed by atoms with Crippen molar-refractivity contribution in [3.8, 4) is 0 Å². The molecule has 2 fully saturated rings. The average molecular weight is 163 g/mol. The summed E-state index contributed by atoms with van der Waals surface area (Å²) in [7, 11) is 0. The van der Waals surface area contributed by atoms with Crippen molar-refractivity contribution in [2.75, 3.05) is 26.2 Å². The van der Waals surface area contributed by atoms with E-state index in [1.807, 2.05) is 0 Å². The third-order valence-corrected chi connectivity index (χ3v) is 1.52. The zero-order chi connectivity index (χ0) is 5.66. The number of nitrogens with one attached hydrogen (secondary N) is 1. The lowest BCUT2D eigenvalue weighted by atomic mass is 10.3. The molecule has 0 aromatic carbocycles. The summed E-state index contributed by atoms with van der Waals surface area (Å²) >= 11 is 0. The standard InChI is InChI=1S/2C3H7N.3CH4/c2*1-2-4-3-1;;;/h2*4H,1-3H2;3*1H4/p+1. The molecule has 11 heavy (non-hydrogen) atoms. The zero-order valence-electron chi connectivity index (χ0n) is 5.32. The fourth-order valence-corrected chi connectivity index (χ4v) is 0.381. The van der Waals surface area contributed by atoms with Crippen LogP contribution in [-0.4, -0.2) is 26.2 Å². The summed E-state index contributed by atoms with van der Waals surface area (Å²) < 4.78 is 0. The van der Waals surface area contributed by atoms with Crippen molar-refractivity contribution >= 4 is 0 Å². The van der Waals surface area contributed by atoms with Crippen LogP contribution in [0.4, 0.5) is 0 Å². The van der Waals surface area contributed by atoms with E-state index in [0.29, 0.717) is 0 Å². The van der Waals surface area contributed by atoms with E-state index in [-0.39, 0.29) is 22.3 Å².